The van der Waals surface area contributed by atoms with Crippen LogP contribution in [0.1, 0.15) is 12.8 Å². The summed E-state index contributed by atoms with van der Waals surface area (Å²) in [7, 11) is -3.07. The number of urea groups is 1. The molecule has 1 aliphatic heterocycles. The second kappa shape index (κ2) is 7.49. The van der Waals surface area contributed by atoms with Crippen molar-refractivity contribution >= 4 is 15.9 Å². The third-order valence-electron chi connectivity index (χ3n) is 3.65. The summed E-state index contributed by atoms with van der Waals surface area (Å²) in [6.45, 7) is 1.80. The summed E-state index contributed by atoms with van der Waals surface area (Å²) in [6.07, 6.45) is 2.44. The van der Waals surface area contributed by atoms with Gasteiger partial charge in [0.05, 0.1) is 11.9 Å². The van der Waals surface area contributed by atoms with Gasteiger partial charge in [0.15, 0.2) is 9.84 Å². The Morgan fingerprint density at radius 3 is 2.73 bits per heavy atom. The van der Waals surface area contributed by atoms with Crippen molar-refractivity contribution in [2.45, 2.75) is 18.1 Å². The number of benzene rings is 1. The molecule has 1 atom stereocenters. The second-order valence-corrected chi connectivity index (χ2v) is 7.76. The molecule has 0 bridgehead atoms. The van der Waals surface area contributed by atoms with Crippen LogP contribution in [-0.2, 0) is 9.84 Å². The van der Waals surface area contributed by atoms with Crippen LogP contribution in [-0.4, -0.2) is 57.1 Å². The minimum Gasteiger partial charge on any atom is -0.494 e. The fourth-order valence-electron chi connectivity index (χ4n) is 2.35. The molecule has 1 saturated heterocycles. The SMILES string of the molecule is CS(=O)(=O)[C@H]1CCN(C(=O)NCCCOc2ccccc2)C1. The van der Waals surface area contributed by atoms with Gasteiger partial charge in [-0.2, -0.15) is 0 Å². The molecule has 2 amide bonds. The lowest BCUT2D eigenvalue weighted by molar-refractivity contribution is 0.207. The summed E-state index contributed by atoms with van der Waals surface area (Å²) in [6, 6.07) is 9.30. The maximum absolute atomic E-state index is 11.9. The largest absolute Gasteiger partial charge is 0.494 e. The predicted octanol–water partition coefficient (Wildman–Crippen LogP) is 1.28. The number of carbonyl (C=O) groups is 1. The van der Waals surface area contributed by atoms with E-state index < -0.39 is 15.1 Å². The Labute approximate surface area is 131 Å². The molecule has 0 radical (unpaired) electrons. The Hall–Kier alpha value is -1.76. The molecule has 1 heterocycles. The van der Waals surface area contributed by atoms with Gasteiger partial charge in [0.25, 0.3) is 0 Å². The summed E-state index contributed by atoms with van der Waals surface area (Å²) in [5.74, 6) is 0.810. The van der Waals surface area contributed by atoms with E-state index in [1.807, 2.05) is 30.3 Å². The van der Waals surface area contributed by atoms with Crippen LogP contribution in [0, 0.1) is 0 Å². The number of hydrogen-bond donors (Lipinski definition) is 1. The first-order valence-electron chi connectivity index (χ1n) is 7.36. The van der Waals surface area contributed by atoms with Gasteiger partial charge in [0.1, 0.15) is 5.75 Å². The molecular weight excluding hydrogens is 304 g/mol. The summed E-state index contributed by atoms with van der Waals surface area (Å²) >= 11 is 0. The van der Waals surface area contributed by atoms with Crippen LogP contribution in [0.3, 0.4) is 0 Å². The standard InChI is InChI=1S/C15H22N2O4S/c1-22(19,20)14-8-10-17(12-14)15(18)16-9-5-11-21-13-6-3-2-4-7-13/h2-4,6-7,14H,5,8-12H2,1H3,(H,16,18)/t14-/m0/s1. The maximum atomic E-state index is 11.9. The van der Waals surface area contributed by atoms with Gasteiger partial charge in [-0.1, -0.05) is 18.2 Å². The highest BCUT2D eigenvalue weighted by Gasteiger charge is 2.32. The van der Waals surface area contributed by atoms with Gasteiger partial charge >= 0.3 is 6.03 Å². The number of carbonyl (C=O) groups excluding carboxylic acids is 1. The van der Waals surface area contributed by atoms with E-state index in [4.69, 9.17) is 4.74 Å². The van der Waals surface area contributed by atoms with Crippen LogP contribution < -0.4 is 10.1 Å². The fourth-order valence-corrected chi connectivity index (χ4v) is 3.33. The van der Waals surface area contributed by atoms with Gasteiger partial charge in [0.2, 0.25) is 0 Å². The van der Waals surface area contributed by atoms with Crippen LogP contribution in [0.2, 0.25) is 0 Å². The summed E-state index contributed by atoms with van der Waals surface area (Å²) in [5.41, 5.74) is 0. The van der Waals surface area contributed by atoms with E-state index in [0.717, 1.165) is 5.75 Å². The highest BCUT2D eigenvalue weighted by molar-refractivity contribution is 7.91. The van der Waals surface area contributed by atoms with Gasteiger partial charge in [-0.05, 0) is 25.0 Å². The first-order chi connectivity index (χ1) is 10.5. The number of nitrogens with one attached hydrogen (secondary N) is 1. The van der Waals surface area contributed by atoms with E-state index in [1.165, 1.54) is 6.26 Å². The number of likely N-dealkylation sites (tertiary alicyclic amines) is 1. The molecule has 0 aromatic heterocycles. The number of para-hydroxylation sites is 1. The average molecular weight is 326 g/mol. The van der Waals surface area contributed by atoms with E-state index in [9.17, 15) is 13.2 Å². The predicted molar refractivity (Wildman–Crippen MR) is 84.8 cm³/mol. The second-order valence-electron chi connectivity index (χ2n) is 5.43. The van der Waals surface area contributed by atoms with Crippen LogP contribution in [0.5, 0.6) is 5.75 Å². The van der Waals surface area contributed by atoms with Crippen LogP contribution in [0.4, 0.5) is 4.79 Å². The average Bonchev–Trinajstić information content (AvgIpc) is 2.98. The van der Waals surface area contributed by atoms with Crippen molar-refractivity contribution < 1.29 is 17.9 Å². The normalized spacial score (nSPS) is 18.2. The molecule has 2 rings (SSSR count). The number of amides is 2. The highest BCUT2D eigenvalue weighted by Crippen LogP contribution is 2.16. The van der Waals surface area contributed by atoms with Crippen molar-refractivity contribution in [3.63, 3.8) is 0 Å². The molecule has 6 nitrogen and oxygen atoms in total. The lowest BCUT2D eigenvalue weighted by Gasteiger charge is -2.17. The lowest BCUT2D eigenvalue weighted by Crippen LogP contribution is -2.40. The Bertz CT molecular complexity index is 589. The molecule has 1 aromatic carbocycles. The summed E-state index contributed by atoms with van der Waals surface area (Å²) < 4.78 is 28.5. The van der Waals surface area contributed by atoms with E-state index in [0.29, 0.717) is 32.5 Å². The van der Waals surface area contributed by atoms with Crippen LogP contribution in [0.15, 0.2) is 30.3 Å². The molecule has 1 aliphatic rings. The van der Waals surface area contributed by atoms with Crippen molar-refractivity contribution in [2.24, 2.45) is 0 Å². The van der Waals surface area contributed by atoms with Crippen LogP contribution in [0.25, 0.3) is 0 Å². The number of nitrogens with zero attached hydrogens (tertiary/aromatic N) is 1. The van der Waals surface area contributed by atoms with Gasteiger partial charge < -0.3 is 15.0 Å². The number of rotatable bonds is 6. The molecule has 7 heteroatoms. The molecule has 22 heavy (non-hydrogen) atoms. The van der Waals surface area contributed by atoms with Gasteiger partial charge in [-0.3, -0.25) is 0 Å². The van der Waals surface area contributed by atoms with E-state index in [2.05, 4.69) is 5.32 Å². The zero-order valence-corrected chi connectivity index (χ0v) is 13.5. The summed E-state index contributed by atoms with van der Waals surface area (Å²) in [4.78, 5) is 13.5. The molecule has 122 valence electrons. The topological polar surface area (TPSA) is 75.7 Å². The molecule has 0 saturated carbocycles. The minimum atomic E-state index is -3.07. The Kier molecular flexibility index (Phi) is 5.65. The Morgan fingerprint density at radius 1 is 1.36 bits per heavy atom. The molecule has 0 spiro atoms. The zero-order chi connectivity index (χ0) is 16.0. The molecule has 1 aromatic rings. The van der Waals surface area contributed by atoms with Crippen molar-refractivity contribution in [1.82, 2.24) is 10.2 Å². The molecule has 1 fully saturated rings. The van der Waals surface area contributed by atoms with Crippen LogP contribution >= 0.6 is 0 Å². The summed E-state index contributed by atoms with van der Waals surface area (Å²) in [5, 5.41) is 2.36. The Morgan fingerprint density at radius 2 is 2.09 bits per heavy atom. The number of hydrogen-bond acceptors (Lipinski definition) is 4. The Balaban J connectivity index is 1.62. The van der Waals surface area contributed by atoms with Crippen molar-refractivity contribution in [2.75, 3.05) is 32.5 Å². The zero-order valence-electron chi connectivity index (χ0n) is 12.7. The van der Waals surface area contributed by atoms with E-state index >= 15 is 0 Å². The molecule has 0 aliphatic carbocycles. The number of sulfone groups is 1. The molecular formula is C15H22N2O4S. The highest BCUT2D eigenvalue weighted by atomic mass is 32.2. The van der Waals surface area contributed by atoms with Gasteiger partial charge in [-0.25, -0.2) is 13.2 Å². The fraction of sp³-hybridized carbons (Fsp3) is 0.533. The van der Waals surface area contributed by atoms with Crippen molar-refractivity contribution in [3.8, 4) is 5.75 Å². The van der Waals surface area contributed by atoms with E-state index in [-0.39, 0.29) is 12.6 Å². The molecule has 1 N–H and O–H groups in total. The van der Waals surface area contributed by atoms with Crippen molar-refractivity contribution in [1.29, 1.82) is 0 Å². The first-order valence-corrected chi connectivity index (χ1v) is 9.32. The van der Waals surface area contributed by atoms with Gasteiger partial charge in [-0.15, -0.1) is 0 Å². The number of ether oxygens (including phenoxy) is 1. The maximum Gasteiger partial charge on any atom is 0.317 e. The van der Waals surface area contributed by atoms with E-state index in [1.54, 1.807) is 4.90 Å². The third kappa shape index (κ3) is 4.91. The van der Waals surface area contributed by atoms with Crippen molar-refractivity contribution in [3.05, 3.63) is 30.3 Å². The van der Waals surface area contributed by atoms with Gasteiger partial charge in [0, 0.05) is 25.9 Å². The lowest BCUT2D eigenvalue weighted by atomic mass is 10.3. The monoisotopic (exact) mass is 326 g/mol. The third-order valence-corrected chi connectivity index (χ3v) is 5.24. The smallest absolute Gasteiger partial charge is 0.317 e. The first kappa shape index (κ1) is 16.6. The quantitative estimate of drug-likeness (QED) is 0.799. The minimum absolute atomic E-state index is 0.203. The molecule has 0 unspecified atom stereocenters.